The largest absolute Gasteiger partial charge is 0.346 e. The summed E-state index contributed by atoms with van der Waals surface area (Å²) < 4.78 is 0. The number of carbonyl (C=O) groups excluding carboxylic acids is 2. The van der Waals surface area contributed by atoms with Crippen LogP contribution >= 0.6 is 22.9 Å². The summed E-state index contributed by atoms with van der Waals surface area (Å²) in [5.74, 6) is -0.116. The maximum Gasteiger partial charge on any atom is 0.261 e. The minimum atomic E-state index is -0.164. The fraction of sp³-hybridized carbons (Fsp3) is 0.200. The maximum absolute atomic E-state index is 12.1. The van der Waals surface area contributed by atoms with E-state index in [1.165, 1.54) is 11.3 Å². The van der Waals surface area contributed by atoms with Gasteiger partial charge in [0.05, 0.1) is 10.9 Å². The van der Waals surface area contributed by atoms with Crippen molar-refractivity contribution in [3.8, 4) is 0 Å². The van der Waals surface area contributed by atoms with Crippen LogP contribution in [0.4, 0.5) is 5.69 Å². The van der Waals surface area contributed by atoms with E-state index in [9.17, 15) is 9.59 Å². The van der Waals surface area contributed by atoms with Gasteiger partial charge in [-0.2, -0.15) is 0 Å². The van der Waals surface area contributed by atoms with Crippen LogP contribution in [0.1, 0.15) is 16.1 Å². The van der Waals surface area contributed by atoms with Crippen molar-refractivity contribution in [2.45, 2.75) is 12.5 Å². The van der Waals surface area contributed by atoms with Gasteiger partial charge < -0.3 is 10.2 Å². The number of hydrogen-bond acceptors (Lipinski definition) is 3. The first-order valence-corrected chi connectivity index (χ1v) is 7.79. The molecule has 0 saturated carbocycles. The number of rotatable bonds is 3. The molecule has 6 heteroatoms. The summed E-state index contributed by atoms with van der Waals surface area (Å²) in [6.45, 7) is 0.484. The lowest BCUT2D eigenvalue weighted by Gasteiger charge is -2.17. The highest BCUT2D eigenvalue weighted by atomic mass is 35.5. The average Bonchev–Trinajstić information content (AvgIpc) is 3.10. The number of nitrogens with zero attached hydrogens (tertiary/aromatic N) is 1. The van der Waals surface area contributed by atoms with Crippen LogP contribution in [0.3, 0.4) is 0 Å². The molecule has 0 aliphatic carbocycles. The van der Waals surface area contributed by atoms with Crippen molar-refractivity contribution in [1.29, 1.82) is 0 Å². The van der Waals surface area contributed by atoms with Crippen LogP contribution in [0.25, 0.3) is 0 Å². The highest BCUT2D eigenvalue weighted by Gasteiger charge is 2.31. The molecule has 1 aromatic carbocycles. The second kappa shape index (κ2) is 5.87. The zero-order valence-corrected chi connectivity index (χ0v) is 12.7. The first-order valence-electron chi connectivity index (χ1n) is 6.54. The fourth-order valence-corrected chi connectivity index (χ4v) is 3.09. The Kier molecular flexibility index (Phi) is 3.94. The van der Waals surface area contributed by atoms with Crippen molar-refractivity contribution in [2.75, 3.05) is 11.4 Å². The first-order chi connectivity index (χ1) is 10.1. The van der Waals surface area contributed by atoms with Crippen LogP contribution in [-0.2, 0) is 4.79 Å². The molecule has 1 fully saturated rings. The molecule has 0 spiro atoms. The Bertz CT molecular complexity index is 655. The molecule has 21 heavy (non-hydrogen) atoms. The van der Waals surface area contributed by atoms with Crippen molar-refractivity contribution in [3.63, 3.8) is 0 Å². The van der Waals surface area contributed by atoms with Crippen molar-refractivity contribution >= 4 is 40.4 Å². The van der Waals surface area contributed by atoms with Gasteiger partial charge in [0.25, 0.3) is 5.91 Å². The molecular formula is C15H13ClN2O2S. The first kappa shape index (κ1) is 14.1. The second-order valence-corrected chi connectivity index (χ2v) is 6.22. The van der Waals surface area contributed by atoms with E-state index < -0.39 is 0 Å². The molecule has 1 aromatic heterocycles. The van der Waals surface area contributed by atoms with E-state index in [1.54, 1.807) is 23.1 Å². The molecule has 1 atom stereocenters. The summed E-state index contributed by atoms with van der Waals surface area (Å²) in [4.78, 5) is 26.4. The molecule has 108 valence electrons. The van der Waals surface area contributed by atoms with Crippen LogP contribution in [0.15, 0.2) is 41.8 Å². The number of carbonyl (C=O) groups is 2. The summed E-state index contributed by atoms with van der Waals surface area (Å²) >= 11 is 7.24. The van der Waals surface area contributed by atoms with Gasteiger partial charge in [-0.1, -0.05) is 17.7 Å². The SMILES string of the molecule is O=C(N[C@H]1CC(=O)N(c2ccc(Cl)cc2)C1)c1cccs1. The van der Waals surface area contributed by atoms with E-state index in [2.05, 4.69) is 5.32 Å². The van der Waals surface area contributed by atoms with Gasteiger partial charge in [0.2, 0.25) is 5.91 Å². The molecule has 2 amide bonds. The van der Waals surface area contributed by atoms with Crippen LogP contribution in [0, 0.1) is 0 Å². The topological polar surface area (TPSA) is 49.4 Å². The lowest BCUT2D eigenvalue weighted by atomic mass is 10.2. The Labute approximate surface area is 131 Å². The number of benzene rings is 1. The highest BCUT2D eigenvalue weighted by Crippen LogP contribution is 2.23. The number of hydrogen-bond donors (Lipinski definition) is 1. The predicted octanol–water partition coefficient (Wildman–Crippen LogP) is 2.94. The van der Waals surface area contributed by atoms with Gasteiger partial charge in [0.15, 0.2) is 0 Å². The fourth-order valence-electron chi connectivity index (χ4n) is 2.34. The molecule has 2 aromatic rings. The van der Waals surface area contributed by atoms with E-state index in [4.69, 9.17) is 11.6 Å². The Balaban J connectivity index is 1.67. The Morgan fingerprint density at radius 2 is 2.05 bits per heavy atom. The van der Waals surface area contributed by atoms with Gasteiger partial charge in [-0.05, 0) is 35.7 Å². The molecule has 0 unspecified atom stereocenters. The average molecular weight is 321 g/mol. The Morgan fingerprint density at radius 1 is 1.29 bits per heavy atom. The molecule has 4 nitrogen and oxygen atoms in total. The molecule has 2 heterocycles. The van der Waals surface area contributed by atoms with Crippen LogP contribution < -0.4 is 10.2 Å². The third-order valence-electron chi connectivity index (χ3n) is 3.34. The summed E-state index contributed by atoms with van der Waals surface area (Å²) in [5, 5.41) is 5.39. The van der Waals surface area contributed by atoms with Gasteiger partial charge in [-0.25, -0.2) is 0 Å². The van der Waals surface area contributed by atoms with Gasteiger partial charge >= 0.3 is 0 Å². The van der Waals surface area contributed by atoms with Crippen molar-refractivity contribution < 1.29 is 9.59 Å². The van der Waals surface area contributed by atoms with Gasteiger partial charge in [-0.15, -0.1) is 11.3 Å². The number of amides is 2. The Hall–Kier alpha value is -1.85. The van der Waals surface area contributed by atoms with Gasteiger partial charge in [-0.3, -0.25) is 9.59 Å². The van der Waals surface area contributed by atoms with E-state index >= 15 is 0 Å². The zero-order chi connectivity index (χ0) is 14.8. The normalized spacial score (nSPS) is 18.0. The number of thiophene rings is 1. The second-order valence-electron chi connectivity index (χ2n) is 4.83. The van der Waals surface area contributed by atoms with E-state index in [0.29, 0.717) is 22.9 Å². The molecule has 3 rings (SSSR count). The van der Waals surface area contributed by atoms with Crippen molar-refractivity contribution in [2.24, 2.45) is 0 Å². The van der Waals surface area contributed by atoms with E-state index in [-0.39, 0.29) is 17.9 Å². The standard InChI is InChI=1S/C15H13ClN2O2S/c16-10-3-5-12(6-4-10)18-9-11(8-14(18)19)17-15(20)13-2-1-7-21-13/h1-7,11H,8-9H2,(H,17,20)/t11-/m0/s1. The van der Waals surface area contributed by atoms with E-state index in [0.717, 1.165) is 5.69 Å². The molecule has 1 N–H and O–H groups in total. The molecule has 0 radical (unpaired) electrons. The van der Waals surface area contributed by atoms with Crippen LogP contribution in [-0.4, -0.2) is 24.4 Å². The monoisotopic (exact) mass is 320 g/mol. The summed E-state index contributed by atoms with van der Waals surface area (Å²) in [6, 6.07) is 10.6. The van der Waals surface area contributed by atoms with Crippen molar-refractivity contribution in [3.05, 3.63) is 51.7 Å². The molecule has 1 saturated heterocycles. The highest BCUT2D eigenvalue weighted by molar-refractivity contribution is 7.12. The minimum Gasteiger partial charge on any atom is -0.346 e. The lowest BCUT2D eigenvalue weighted by Crippen LogP contribution is -2.36. The van der Waals surface area contributed by atoms with Crippen molar-refractivity contribution in [1.82, 2.24) is 5.32 Å². The smallest absolute Gasteiger partial charge is 0.261 e. The number of anilines is 1. The minimum absolute atomic E-state index is 0.00815. The third-order valence-corrected chi connectivity index (χ3v) is 4.46. The molecule has 0 bridgehead atoms. The summed E-state index contributed by atoms with van der Waals surface area (Å²) in [5.41, 5.74) is 0.803. The van der Waals surface area contributed by atoms with Gasteiger partial charge in [0, 0.05) is 23.7 Å². The zero-order valence-electron chi connectivity index (χ0n) is 11.1. The molecular weight excluding hydrogens is 308 g/mol. The number of halogens is 1. The van der Waals surface area contributed by atoms with Crippen LogP contribution in [0.5, 0.6) is 0 Å². The molecule has 1 aliphatic rings. The molecule has 1 aliphatic heterocycles. The summed E-state index contributed by atoms with van der Waals surface area (Å²) in [6.07, 6.45) is 0.319. The lowest BCUT2D eigenvalue weighted by molar-refractivity contribution is -0.117. The summed E-state index contributed by atoms with van der Waals surface area (Å²) in [7, 11) is 0. The van der Waals surface area contributed by atoms with Gasteiger partial charge in [0.1, 0.15) is 0 Å². The third kappa shape index (κ3) is 3.09. The van der Waals surface area contributed by atoms with E-state index in [1.807, 2.05) is 23.6 Å². The maximum atomic E-state index is 12.1. The predicted molar refractivity (Wildman–Crippen MR) is 84.0 cm³/mol. The quantitative estimate of drug-likeness (QED) is 0.945. The van der Waals surface area contributed by atoms with Crippen LogP contribution in [0.2, 0.25) is 5.02 Å². The Morgan fingerprint density at radius 3 is 2.71 bits per heavy atom. The number of nitrogens with one attached hydrogen (secondary N) is 1.